The van der Waals surface area contributed by atoms with Gasteiger partial charge in [0.05, 0.1) is 0 Å². The van der Waals surface area contributed by atoms with Gasteiger partial charge in [0, 0.05) is 30.2 Å². The van der Waals surface area contributed by atoms with Crippen LogP contribution in [0.5, 0.6) is 0 Å². The molecule has 2 aromatic heterocycles. The first-order valence-corrected chi connectivity index (χ1v) is 6.61. The number of aromatic nitrogens is 3. The molecule has 6 heteroatoms. The molecule has 6 nitrogen and oxygen atoms in total. The number of anilines is 1. The molecular formula is C14H19N5O. The Morgan fingerprint density at radius 2 is 2.10 bits per heavy atom. The van der Waals surface area contributed by atoms with E-state index in [1.54, 1.807) is 12.4 Å². The van der Waals surface area contributed by atoms with Crippen LogP contribution in [0.15, 0.2) is 29.3 Å². The molecule has 0 amide bonds. The van der Waals surface area contributed by atoms with E-state index in [9.17, 15) is 4.79 Å². The van der Waals surface area contributed by atoms with Gasteiger partial charge in [0.25, 0.3) is 5.56 Å². The van der Waals surface area contributed by atoms with E-state index in [2.05, 4.69) is 20.3 Å². The summed E-state index contributed by atoms with van der Waals surface area (Å²) in [6, 6.07) is 3.96. The Balaban J connectivity index is 1.78. The number of pyridine rings is 1. The Morgan fingerprint density at radius 1 is 1.35 bits per heavy atom. The molecule has 0 aliphatic carbocycles. The summed E-state index contributed by atoms with van der Waals surface area (Å²) in [4.78, 5) is 22.3. The highest BCUT2D eigenvalue weighted by atomic mass is 16.1. The minimum atomic E-state index is -0.135. The van der Waals surface area contributed by atoms with E-state index in [0.29, 0.717) is 17.7 Å². The molecule has 0 saturated heterocycles. The van der Waals surface area contributed by atoms with Gasteiger partial charge in [0.2, 0.25) is 5.95 Å². The molecular weight excluding hydrogens is 254 g/mol. The monoisotopic (exact) mass is 273 g/mol. The van der Waals surface area contributed by atoms with Crippen LogP contribution < -0.4 is 16.6 Å². The number of rotatable bonds is 6. The molecule has 0 radical (unpaired) electrons. The van der Waals surface area contributed by atoms with Gasteiger partial charge in [-0.1, -0.05) is 0 Å². The Labute approximate surface area is 117 Å². The van der Waals surface area contributed by atoms with Crippen LogP contribution in [0, 0.1) is 6.92 Å². The molecule has 0 atom stereocenters. The molecule has 2 heterocycles. The zero-order chi connectivity index (χ0) is 14.4. The van der Waals surface area contributed by atoms with Gasteiger partial charge >= 0.3 is 0 Å². The minimum absolute atomic E-state index is 0.135. The first-order chi connectivity index (χ1) is 9.66. The highest BCUT2D eigenvalue weighted by molar-refractivity contribution is 5.24. The van der Waals surface area contributed by atoms with Crippen LogP contribution in [0.4, 0.5) is 5.95 Å². The van der Waals surface area contributed by atoms with Crippen molar-refractivity contribution in [2.45, 2.75) is 26.3 Å². The van der Waals surface area contributed by atoms with Gasteiger partial charge in [-0.15, -0.1) is 0 Å². The van der Waals surface area contributed by atoms with Crippen LogP contribution in [0.2, 0.25) is 0 Å². The number of H-pyrrole nitrogens is 1. The molecule has 106 valence electrons. The molecule has 0 spiro atoms. The van der Waals surface area contributed by atoms with Gasteiger partial charge in [-0.3, -0.25) is 14.8 Å². The molecule has 0 saturated carbocycles. The molecule has 0 aliphatic heterocycles. The molecule has 0 aromatic carbocycles. The second-order valence-corrected chi connectivity index (χ2v) is 4.65. The highest BCUT2D eigenvalue weighted by Crippen LogP contribution is 2.03. The summed E-state index contributed by atoms with van der Waals surface area (Å²) in [6.45, 7) is 3.45. The predicted octanol–water partition coefficient (Wildman–Crippen LogP) is 0.778. The van der Waals surface area contributed by atoms with Gasteiger partial charge in [0.15, 0.2) is 0 Å². The van der Waals surface area contributed by atoms with Crippen LogP contribution in [0.3, 0.4) is 0 Å². The third kappa shape index (κ3) is 3.89. The van der Waals surface area contributed by atoms with E-state index in [-0.39, 0.29) is 11.5 Å². The molecule has 0 aliphatic rings. The summed E-state index contributed by atoms with van der Waals surface area (Å²) in [5.41, 5.74) is 7.97. The van der Waals surface area contributed by atoms with Crippen LogP contribution in [-0.2, 0) is 13.0 Å². The molecule has 20 heavy (non-hydrogen) atoms. The molecule has 2 aromatic rings. The van der Waals surface area contributed by atoms with Crippen molar-refractivity contribution in [2.24, 2.45) is 0 Å². The lowest BCUT2D eigenvalue weighted by molar-refractivity contribution is 0.645. The molecule has 4 N–H and O–H groups in total. The van der Waals surface area contributed by atoms with Crippen LogP contribution in [-0.4, -0.2) is 21.5 Å². The second-order valence-electron chi connectivity index (χ2n) is 4.65. The van der Waals surface area contributed by atoms with Crippen molar-refractivity contribution in [2.75, 3.05) is 12.3 Å². The summed E-state index contributed by atoms with van der Waals surface area (Å²) < 4.78 is 0. The van der Waals surface area contributed by atoms with Gasteiger partial charge in [-0.05, 0) is 44.0 Å². The minimum Gasteiger partial charge on any atom is -0.369 e. The summed E-state index contributed by atoms with van der Waals surface area (Å²) in [5, 5.41) is 3.34. The molecule has 0 unspecified atom stereocenters. The average molecular weight is 273 g/mol. The number of nitrogens with one attached hydrogen (secondary N) is 2. The first kappa shape index (κ1) is 14.2. The van der Waals surface area contributed by atoms with Crippen molar-refractivity contribution in [1.29, 1.82) is 0 Å². The maximum absolute atomic E-state index is 11.7. The van der Waals surface area contributed by atoms with Crippen molar-refractivity contribution < 1.29 is 0 Å². The average Bonchev–Trinajstić information content (AvgIpc) is 2.42. The zero-order valence-corrected chi connectivity index (χ0v) is 11.5. The maximum atomic E-state index is 11.7. The highest BCUT2D eigenvalue weighted by Gasteiger charge is 2.06. The largest absolute Gasteiger partial charge is 0.369 e. The predicted molar refractivity (Wildman–Crippen MR) is 78.3 cm³/mol. The topological polar surface area (TPSA) is 96.7 Å². The Hall–Kier alpha value is -2.21. The van der Waals surface area contributed by atoms with Gasteiger partial charge in [0.1, 0.15) is 0 Å². The van der Waals surface area contributed by atoms with E-state index in [4.69, 9.17) is 5.73 Å². The van der Waals surface area contributed by atoms with Gasteiger partial charge < -0.3 is 11.1 Å². The van der Waals surface area contributed by atoms with Crippen molar-refractivity contribution in [1.82, 2.24) is 20.3 Å². The van der Waals surface area contributed by atoms with Crippen LogP contribution >= 0.6 is 0 Å². The summed E-state index contributed by atoms with van der Waals surface area (Å²) in [7, 11) is 0. The fraction of sp³-hybridized carbons (Fsp3) is 0.357. The number of aromatic amines is 1. The van der Waals surface area contributed by atoms with E-state index >= 15 is 0 Å². The summed E-state index contributed by atoms with van der Waals surface area (Å²) in [5.74, 6) is 0.173. The van der Waals surface area contributed by atoms with Crippen molar-refractivity contribution >= 4 is 5.95 Å². The van der Waals surface area contributed by atoms with E-state index in [1.807, 2.05) is 19.1 Å². The van der Waals surface area contributed by atoms with Crippen LogP contribution in [0.25, 0.3) is 0 Å². The Kier molecular flexibility index (Phi) is 4.84. The van der Waals surface area contributed by atoms with Gasteiger partial charge in [-0.25, -0.2) is 4.98 Å². The first-order valence-electron chi connectivity index (χ1n) is 6.61. The van der Waals surface area contributed by atoms with Gasteiger partial charge in [-0.2, -0.15) is 0 Å². The Bertz CT molecular complexity index is 609. The zero-order valence-electron chi connectivity index (χ0n) is 11.5. The molecule has 0 fully saturated rings. The summed E-state index contributed by atoms with van der Waals surface area (Å²) >= 11 is 0. The second kappa shape index (κ2) is 6.81. The number of nitrogen functional groups attached to an aromatic ring is 1. The normalized spacial score (nSPS) is 10.7. The lowest BCUT2D eigenvalue weighted by atomic mass is 10.1. The van der Waals surface area contributed by atoms with Crippen molar-refractivity contribution in [3.05, 3.63) is 51.7 Å². The molecule has 2 rings (SSSR count). The van der Waals surface area contributed by atoms with E-state index in [1.165, 1.54) is 5.56 Å². The number of nitrogens with two attached hydrogens (primary N) is 1. The quantitative estimate of drug-likeness (QED) is 0.676. The third-order valence-corrected chi connectivity index (χ3v) is 3.10. The van der Waals surface area contributed by atoms with Crippen molar-refractivity contribution in [3.63, 3.8) is 0 Å². The lowest BCUT2D eigenvalue weighted by Gasteiger charge is -2.06. The smallest absolute Gasteiger partial charge is 0.255 e. The number of hydrogen-bond donors (Lipinski definition) is 3. The fourth-order valence-electron chi connectivity index (χ4n) is 2.05. The number of aryl methyl sites for hydroxylation is 1. The Morgan fingerprint density at radius 3 is 2.80 bits per heavy atom. The number of nitrogens with zero attached hydrogens (tertiary/aromatic N) is 2. The standard InChI is InChI=1S/C14H19N5O/c1-10-12(13(20)19-14(15)18-10)3-2-6-17-9-11-4-7-16-8-5-11/h4-5,7-8,17H,2-3,6,9H2,1H3,(H3,15,18,19,20). The SMILES string of the molecule is Cc1nc(N)[nH]c(=O)c1CCCNCc1ccncc1. The molecule has 0 bridgehead atoms. The van der Waals surface area contributed by atoms with Crippen molar-refractivity contribution in [3.8, 4) is 0 Å². The van der Waals surface area contributed by atoms with E-state index in [0.717, 1.165) is 19.5 Å². The maximum Gasteiger partial charge on any atom is 0.255 e. The van der Waals surface area contributed by atoms with Crippen LogP contribution in [0.1, 0.15) is 23.2 Å². The number of hydrogen-bond acceptors (Lipinski definition) is 5. The third-order valence-electron chi connectivity index (χ3n) is 3.10. The van der Waals surface area contributed by atoms with E-state index < -0.39 is 0 Å². The summed E-state index contributed by atoms with van der Waals surface area (Å²) in [6.07, 6.45) is 5.12. The lowest BCUT2D eigenvalue weighted by Crippen LogP contribution is -2.21. The fourth-order valence-corrected chi connectivity index (χ4v) is 2.05.